The van der Waals surface area contributed by atoms with Crippen molar-refractivity contribution in [3.05, 3.63) is 48.3 Å². The molecule has 0 saturated carbocycles. The molecular formula is C17H24N4O3S. The molecule has 2 aromatic rings. The van der Waals surface area contributed by atoms with Crippen LogP contribution in [0.5, 0.6) is 0 Å². The highest BCUT2D eigenvalue weighted by Crippen LogP contribution is 2.17. The molecule has 0 fully saturated rings. The van der Waals surface area contributed by atoms with E-state index in [0.29, 0.717) is 19.5 Å². The fourth-order valence-corrected chi connectivity index (χ4v) is 3.66. The second-order valence-corrected chi connectivity index (χ2v) is 7.18. The molecule has 2 rings (SSSR count). The number of anilines is 1. The van der Waals surface area contributed by atoms with E-state index in [0.717, 1.165) is 4.57 Å². The highest BCUT2D eigenvalue weighted by Gasteiger charge is 2.22. The molecule has 0 saturated heterocycles. The van der Waals surface area contributed by atoms with Gasteiger partial charge in [0.25, 0.3) is 5.56 Å². The Labute approximate surface area is 150 Å². The number of thiophene rings is 1. The van der Waals surface area contributed by atoms with Crippen molar-refractivity contribution in [3.63, 3.8) is 0 Å². The minimum atomic E-state index is -0.638. The van der Waals surface area contributed by atoms with Crippen LogP contribution in [0.25, 0.3) is 0 Å². The summed E-state index contributed by atoms with van der Waals surface area (Å²) in [6, 6.07) is 2.03. The van der Waals surface area contributed by atoms with Crippen LogP contribution in [0.15, 0.2) is 21.0 Å². The van der Waals surface area contributed by atoms with Gasteiger partial charge >= 0.3 is 5.69 Å². The Balaban J connectivity index is 2.31. The zero-order valence-electron chi connectivity index (χ0n) is 15.0. The third-order valence-electron chi connectivity index (χ3n) is 4.10. The van der Waals surface area contributed by atoms with Crippen LogP contribution in [-0.2, 0) is 20.1 Å². The number of nitrogen functional groups attached to an aromatic ring is 1. The molecule has 0 aliphatic carbocycles. The molecule has 0 atom stereocenters. The molecule has 2 N–H and O–H groups in total. The van der Waals surface area contributed by atoms with Gasteiger partial charge in [0.1, 0.15) is 11.4 Å². The van der Waals surface area contributed by atoms with E-state index in [1.165, 1.54) is 22.1 Å². The number of Topliss-reactive ketones (excluding diaryl/α,β-unsaturated/α-hetero) is 1. The minimum absolute atomic E-state index is 0.0411. The van der Waals surface area contributed by atoms with Gasteiger partial charge in [0.2, 0.25) is 0 Å². The van der Waals surface area contributed by atoms with Crippen LogP contribution in [0, 0.1) is 6.92 Å². The molecule has 0 aliphatic heterocycles. The summed E-state index contributed by atoms with van der Waals surface area (Å²) in [7, 11) is 3.19. The summed E-state index contributed by atoms with van der Waals surface area (Å²) in [5.41, 5.74) is 5.92. The first kappa shape index (κ1) is 19.1. The van der Waals surface area contributed by atoms with Crippen LogP contribution < -0.4 is 17.0 Å². The lowest BCUT2D eigenvalue weighted by atomic mass is 10.1. The fraction of sp³-hybridized carbons (Fsp3) is 0.471. The van der Waals surface area contributed by atoms with Crippen molar-refractivity contribution in [1.82, 2.24) is 14.0 Å². The standard InChI is InChI=1S/C17H24N4O3S/c1-5-7-21-15(18)14(16(23)20(4)17(21)24)12(22)9-19(3)10-13-11(2)6-8-25-13/h6,8H,5,7,9-10,18H2,1-4H3. The molecule has 0 bridgehead atoms. The number of aromatic nitrogens is 2. The van der Waals surface area contributed by atoms with Crippen molar-refractivity contribution in [1.29, 1.82) is 0 Å². The molecule has 136 valence electrons. The Morgan fingerprint density at radius 1 is 1.36 bits per heavy atom. The summed E-state index contributed by atoms with van der Waals surface area (Å²) >= 11 is 1.63. The number of aryl methyl sites for hydroxylation is 1. The Kier molecular flexibility index (Phi) is 5.97. The average molecular weight is 364 g/mol. The monoisotopic (exact) mass is 364 g/mol. The van der Waals surface area contributed by atoms with Crippen LogP contribution in [0.2, 0.25) is 0 Å². The van der Waals surface area contributed by atoms with Crippen LogP contribution in [0.4, 0.5) is 5.82 Å². The zero-order valence-corrected chi connectivity index (χ0v) is 15.9. The second-order valence-electron chi connectivity index (χ2n) is 6.18. The largest absolute Gasteiger partial charge is 0.384 e. The van der Waals surface area contributed by atoms with E-state index in [1.807, 2.05) is 37.2 Å². The molecule has 2 heterocycles. The summed E-state index contributed by atoms with van der Waals surface area (Å²) in [5.74, 6) is -0.416. The first-order valence-electron chi connectivity index (χ1n) is 8.11. The number of hydrogen-bond acceptors (Lipinski definition) is 6. The number of rotatable bonds is 7. The second kappa shape index (κ2) is 7.79. The van der Waals surface area contributed by atoms with Gasteiger partial charge in [0.15, 0.2) is 5.78 Å². The average Bonchev–Trinajstić information content (AvgIpc) is 2.94. The Morgan fingerprint density at radius 2 is 2.04 bits per heavy atom. The maximum atomic E-state index is 12.7. The van der Waals surface area contributed by atoms with Crippen molar-refractivity contribution in [2.24, 2.45) is 7.05 Å². The van der Waals surface area contributed by atoms with E-state index in [1.54, 1.807) is 11.3 Å². The van der Waals surface area contributed by atoms with Gasteiger partial charge < -0.3 is 5.73 Å². The molecule has 7 nitrogen and oxygen atoms in total. The molecule has 0 amide bonds. The number of nitrogens with two attached hydrogens (primary N) is 1. The van der Waals surface area contributed by atoms with Crippen LogP contribution >= 0.6 is 11.3 Å². The number of nitrogens with zero attached hydrogens (tertiary/aromatic N) is 3. The van der Waals surface area contributed by atoms with E-state index < -0.39 is 11.2 Å². The number of likely N-dealkylation sites (N-methyl/N-ethyl adjacent to an activating group) is 1. The summed E-state index contributed by atoms with van der Waals surface area (Å²) < 4.78 is 2.24. The number of carbonyl (C=O) groups is 1. The number of carbonyl (C=O) groups excluding carboxylic acids is 1. The quantitative estimate of drug-likeness (QED) is 0.746. The molecule has 0 radical (unpaired) electrons. The fourth-order valence-electron chi connectivity index (χ4n) is 2.68. The van der Waals surface area contributed by atoms with Crippen molar-refractivity contribution < 1.29 is 4.79 Å². The van der Waals surface area contributed by atoms with Crippen molar-refractivity contribution in [2.75, 3.05) is 19.3 Å². The molecule has 0 unspecified atom stereocenters. The zero-order chi connectivity index (χ0) is 18.7. The van der Waals surface area contributed by atoms with Gasteiger partial charge in [-0.25, -0.2) is 4.79 Å². The van der Waals surface area contributed by atoms with Gasteiger partial charge in [-0.3, -0.25) is 23.6 Å². The Morgan fingerprint density at radius 3 is 2.60 bits per heavy atom. The lowest BCUT2D eigenvalue weighted by Gasteiger charge is -2.18. The molecule has 0 aliphatic rings. The smallest absolute Gasteiger partial charge is 0.332 e. The first-order valence-corrected chi connectivity index (χ1v) is 8.99. The first-order chi connectivity index (χ1) is 11.8. The molecule has 2 aromatic heterocycles. The molecule has 0 spiro atoms. The predicted molar refractivity (Wildman–Crippen MR) is 100 cm³/mol. The highest BCUT2D eigenvalue weighted by molar-refractivity contribution is 7.10. The third-order valence-corrected chi connectivity index (χ3v) is 5.11. The summed E-state index contributed by atoms with van der Waals surface area (Å²) in [5, 5.41) is 2.01. The lowest BCUT2D eigenvalue weighted by Crippen LogP contribution is -2.43. The van der Waals surface area contributed by atoms with Gasteiger partial charge in [-0.2, -0.15) is 0 Å². The molecule has 8 heteroatoms. The van der Waals surface area contributed by atoms with Gasteiger partial charge in [-0.05, 0) is 37.4 Å². The van der Waals surface area contributed by atoms with E-state index in [-0.39, 0.29) is 23.7 Å². The minimum Gasteiger partial charge on any atom is -0.384 e. The maximum Gasteiger partial charge on any atom is 0.332 e. The van der Waals surface area contributed by atoms with E-state index in [9.17, 15) is 14.4 Å². The van der Waals surface area contributed by atoms with E-state index in [4.69, 9.17) is 5.73 Å². The predicted octanol–water partition coefficient (Wildman–Crippen LogP) is 1.22. The van der Waals surface area contributed by atoms with Crippen LogP contribution in [0.1, 0.15) is 34.1 Å². The number of hydrogen-bond donors (Lipinski definition) is 1. The van der Waals surface area contributed by atoms with Crippen LogP contribution in [0.3, 0.4) is 0 Å². The molecule has 25 heavy (non-hydrogen) atoms. The maximum absolute atomic E-state index is 12.7. The normalized spacial score (nSPS) is 11.2. The van der Waals surface area contributed by atoms with Gasteiger partial charge in [-0.1, -0.05) is 6.92 Å². The third kappa shape index (κ3) is 3.91. The van der Waals surface area contributed by atoms with Gasteiger partial charge in [0, 0.05) is 25.0 Å². The lowest BCUT2D eigenvalue weighted by molar-refractivity contribution is 0.0941. The topological polar surface area (TPSA) is 90.3 Å². The Bertz CT molecular complexity index is 894. The molecular weight excluding hydrogens is 340 g/mol. The van der Waals surface area contributed by atoms with E-state index in [2.05, 4.69) is 0 Å². The number of ketones is 1. The van der Waals surface area contributed by atoms with Crippen molar-refractivity contribution >= 4 is 22.9 Å². The summed E-state index contributed by atoms with van der Waals surface area (Å²) in [4.78, 5) is 40.3. The SMILES string of the molecule is CCCn1c(N)c(C(=O)CN(C)Cc2sccc2C)c(=O)n(C)c1=O. The summed E-state index contributed by atoms with van der Waals surface area (Å²) in [6.45, 7) is 4.96. The van der Waals surface area contributed by atoms with Crippen molar-refractivity contribution in [3.8, 4) is 0 Å². The van der Waals surface area contributed by atoms with Gasteiger partial charge in [0.05, 0.1) is 6.54 Å². The van der Waals surface area contributed by atoms with Crippen LogP contribution in [-0.4, -0.2) is 33.4 Å². The Hall–Kier alpha value is -2.19. The highest BCUT2D eigenvalue weighted by atomic mass is 32.1. The summed E-state index contributed by atoms with van der Waals surface area (Å²) in [6.07, 6.45) is 0.674. The van der Waals surface area contributed by atoms with Gasteiger partial charge in [-0.15, -0.1) is 11.3 Å². The molecule has 0 aromatic carbocycles. The van der Waals surface area contributed by atoms with E-state index >= 15 is 0 Å². The van der Waals surface area contributed by atoms with Crippen molar-refractivity contribution in [2.45, 2.75) is 33.4 Å².